The second-order valence-electron chi connectivity index (χ2n) is 7.62. The first-order valence-corrected chi connectivity index (χ1v) is 11.5. The van der Waals surface area contributed by atoms with E-state index in [0.29, 0.717) is 17.4 Å². The van der Waals surface area contributed by atoms with Crippen LogP contribution in [0.5, 0.6) is 0 Å². The van der Waals surface area contributed by atoms with Crippen molar-refractivity contribution < 1.29 is 8.85 Å². The summed E-state index contributed by atoms with van der Waals surface area (Å²) in [5.74, 6) is 2.01. The molecule has 3 unspecified atom stereocenters. The van der Waals surface area contributed by atoms with Crippen LogP contribution in [0.4, 0.5) is 0 Å². The molecule has 1 aliphatic rings. The maximum absolute atomic E-state index is 6.70. The summed E-state index contributed by atoms with van der Waals surface area (Å²) in [5, 5.41) is 0.251. The van der Waals surface area contributed by atoms with Crippen LogP contribution >= 0.6 is 0 Å². The Hall–Kier alpha value is 0.137. The Kier molecular flexibility index (Phi) is 7.61. The van der Waals surface area contributed by atoms with Crippen molar-refractivity contribution in [1.82, 2.24) is 0 Å². The monoisotopic (exact) mass is 328 g/mol. The van der Waals surface area contributed by atoms with E-state index in [2.05, 4.69) is 55.4 Å². The van der Waals surface area contributed by atoms with Gasteiger partial charge in [-0.15, -0.1) is 0 Å². The summed E-state index contributed by atoms with van der Waals surface area (Å²) in [7, 11) is -2.30. The third-order valence-electron chi connectivity index (χ3n) is 6.32. The van der Waals surface area contributed by atoms with E-state index in [1.54, 1.807) is 0 Å². The molecule has 22 heavy (non-hydrogen) atoms. The summed E-state index contributed by atoms with van der Waals surface area (Å²) in [5.41, 5.74) is 0.623. The molecule has 1 fully saturated rings. The predicted octanol–water partition coefficient (Wildman–Crippen LogP) is 6.15. The van der Waals surface area contributed by atoms with Gasteiger partial charge in [-0.2, -0.15) is 0 Å². The zero-order valence-electron chi connectivity index (χ0n) is 16.4. The number of hydrogen-bond acceptors (Lipinski definition) is 2. The van der Waals surface area contributed by atoms with E-state index in [-0.39, 0.29) is 5.04 Å². The maximum atomic E-state index is 6.70. The van der Waals surface area contributed by atoms with Crippen molar-refractivity contribution in [3.63, 3.8) is 0 Å². The highest BCUT2D eigenvalue weighted by atomic mass is 28.4. The fourth-order valence-electron chi connectivity index (χ4n) is 5.57. The second-order valence-corrected chi connectivity index (χ2v) is 11.2. The molecule has 0 saturated carbocycles. The molecule has 0 spiro atoms. The highest BCUT2D eigenvalue weighted by Gasteiger charge is 2.67. The van der Waals surface area contributed by atoms with Crippen LogP contribution in [-0.2, 0) is 8.85 Å². The van der Waals surface area contributed by atoms with Gasteiger partial charge < -0.3 is 8.85 Å². The normalized spacial score (nSPS) is 31.9. The maximum Gasteiger partial charge on any atom is 0.348 e. The zero-order valence-corrected chi connectivity index (χ0v) is 17.4. The van der Waals surface area contributed by atoms with Gasteiger partial charge in [0.2, 0.25) is 0 Å². The van der Waals surface area contributed by atoms with Gasteiger partial charge in [0.1, 0.15) is 0 Å². The average Bonchev–Trinajstić information content (AvgIpc) is 2.46. The number of rotatable bonds is 8. The van der Waals surface area contributed by atoms with Crippen molar-refractivity contribution in [1.29, 1.82) is 0 Å². The minimum Gasteiger partial charge on any atom is -0.394 e. The molecule has 3 atom stereocenters. The molecule has 3 heteroatoms. The van der Waals surface area contributed by atoms with Crippen LogP contribution in [0.1, 0.15) is 81.1 Å². The topological polar surface area (TPSA) is 18.5 Å². The Morgan fingerprint density at radius 3 is 1.82 bits per heavy atom. The van der Waals surface area contributed by atoms with Gasteiger partial charge in [-0.05, 0) is 50.9 Å². The fourth-order valence-corrected chi connectivity index (χ4v) is 11.8. The minimum absolute atomic E-state index is 0.251. The van der Waals surface area contributed by atoms with Gasteiger partial charge >= 0.3 is 8.56 Å². The summed E-state index contributed by atoms with van der Waals surface area (Å²) in [6.45, 7) is 20.2. The molecule has 132 valence electrons. The third-order valence-corrected chi connectivity index (χ3v) is 12.3. The molecule has 0 aromatic carbocycles. The quantitative estimate of drug-likeness (QED) is 0.497. The van der Waals surface area contributed by atoms with Crippen molar-refractivity contribution in [3.05, 3.63) is 0 Å². The first kappa shape index (κ1) is 20.2. The van der Waals surface area contributed by atoms with Gasteiger partial charge in [-0.25, -0.2) is 0 Å². The highest BCUT2D eigenvalue weighted by molar-refractivity contribution is 6.72. The van der Waals surface area contributed by atoms with Crippen molar-refractivity contribution >= 4 is 8.56 Å². The predicted molar refractivity (Wildman–Crippen MR) is 98.4 cm³/mol. The lowest BCUT2D eigenvalue weighted by Gasteiger charge is -2.60. The lowest BCUT2D eigenvalue weighted by atomic mass is 9.75. The number of hydrogen-bond donors (Lipinski definition) is 0. The van der Waals surface area contributed by atoms with E-state index in [1.807, 2.05) is 0 Å². The van der Waals surface area contributed by atoms with Crippen molar-refractivity contribution in [3.8, 4) is 0 Å². The molecule has 0 amide bonds. The fraction of sp³-hybridized carbons (Fsp3) is 1.00. The molecule has 0 aromatic heterocycles. The first-order valence-electron chi connectivity index (χ1n) is 9.65. The van der Waals surface area contributed by atoms with Crippen LogP contribution in [0, 0.1) is 17.8 Å². The van der Waals surface area contributed by atoms with Crippen molar-refractivity contribution in [2.75, 3.05) is 13.2 Å². The van der Waals surface area contributed by atoms with E-state index in [4.69, 9.17) is 8.85 Å². The lowest BCUT2D eigenvalue weighted by Crippen LogP contribution is -2.64. The zero-order chi connectivity index (χ0) is 17.0. The Morgan fingerprint density at radius 1 is 0.955 bits per heavy atom. The third kappa shape index (κ3) is 3.05. The van der Waals surface area contributed by atoms with E-state index >= 15 is 0 Å². The molecule has 1 saturated heterocycles. The van der Waals surface area contributed by atoms with Gasteiger partial charge in [0.15, 0.2) is 0 Å². The molecule has 0 radical (unpaired) electrons. The van der Waals surface area contributed by atoms with Crippen LogP contribution in [-0.4, -0.2) is 21.8 Å². The molecule has 1 heterocycles. The largest absolute Gasteiger partial charge is 0.394 e. The van der Waals surface area contributed by atoms with Crippen LogP contribution in [0.15, 0.2) is 0 Å². The molecule has 0 aromatic rings. The molecule has 0 aliphatic carbocycles. The molecular formula is C19H40O2Si. The van der Waals surface area contributed by atoms with Crippen LogP contribution in [0.25, 0.3) is 0 Å². The van der Waals surface area contributed by atoms with Gasteiger partial charge in [-0.1, -0.05) is 48.0 Å². The smallest absolute Gasteiger partial charge is 0.348 e. The summed E-state index contributed by atoms with van der Waals surface area (Å²) in [6, 6.07) is 0. The highest BCUT2D eigenvalue weighted by Crippen LogP contribution is 2.66. The summed E-state index contributed by atoms with van der Waals surface area (Å²) in [6.07, 6.45) is 5.08. The minimum atomic E-state index is -2.30. The first-order chi connectivity index (χ1) is 10.4. The Balaban J connectivity index is 3.53. The molecular weight excluding hydrogens is 288 g/mol. The van der Waals surface area contributed by atoms with Gasteiger partial charge in [0.25, 0.3) is 0 Å². The summed E-state index contributed by atoms with van der Waals surface area (Å²) in [4.78, 5) is 0. The van der Waals surface area contributed by atoms with Crippen LogP contribution in [0.2, 0.25) is 10.6 Å². The van der Waals surface area contributed by atoms with E-state index in [9.17, 15) is 0 Å². The van der Waals surface area contributed by atoms with Crippen molar-refractivity contribution in [2.45, 2.75) is 91.7 Å². The second kappa shape index (κ2) is 8.30. The Labute approximate surface area is 140 Å². The average molecular weight is 329 g/mol. The Bertz CT molecular complexity index is 323. The van der Waals surface area contributed by atoms with E-state index in [0.717, 1.165) is 19.1 Å². The van der Waals surface area contributed by atoms with E-state index in [1.165, 1.54) is 25.7 Å². The molecule has 2 nitrogen and oxygen atoms in total. The van der Waals surface area contributed by atoms with Gasteiger partial charge in [-0.3, -0.25) is 0 Å². The van der Waals surface area contributed by atoms with Crippen molar-refractivity contribution in [2.24, 2.45) is 17.8 Å². The Morgan fingerprint density at radius 2 is 1.50 bits per heavy atom. The van der Waals surface area contributed by atoms with Gasteiger partial charge in [0, 0.05) is 23.8 Å². The SMILES string of the molecule is CCO[Si]1(OCC)C(C(C)C)CCC(CC)C1(CC)C(C)C. The summed E-state index contributed by atoms with van der Waals surface area (Å²) >= 11 is 0. The molecule has 0 N–H and O–H groups in total. The van der Waals surface area contributed by atoms with Crippen LogP contribution < -0.4 is 0 Å². The van der Waals surface area contributed by atoms with Gasteiger partial charge in [0.05, 0.1) is 0 Å². The standard InChI is InChI=1S/C19H40O2Si/c1-9-17-13-14-18(15(5)6)22(20-11-3,21-12-4)19(17,10-2)16(7)8/h15-18H,9-14H2,1-8H3. The lowest BCUT2D eigenvalue weighted by molar-refractivity contribution is 0.0632. The van der Waals surface area contributed by atoms with Crippen LogP contribution in [0.3, 0.4) is 0 Å². The summed E-state index contributed by atoms with van der Waals surface area (Å²) < 4.78 is 13.4. The molecule has 1 aliphatic heterocycles. The molecule has 1 rings (SSSR count). The van der Waals surface area contributed by atoms with E-state index < -0.39 is 8.56 Å². The molecule has 0 bridgehead atoms.